The Kier molecular flexibility index (Phi) is 4.35. The molecule has 1 aromatic heterocycles. The van der Waals surface area contributed by atoms with Gasteiger partial charge in [-0.25, -0.2) is 9.59 Å². The molecule has 26 heavy (non-hydrogen) atoms. The van der Waals surface area contributed by atoms with E-state index in [4.69, 9.17) is 21.1 Å². The number of imide groups is 2. The van der Waals surface area contributed by atoms with Crippen LogP contribution in [0.25, 0.3) is 17.4 Å². The third kappa shape index (κ3) is 3.09. The molecule has 4 amide bonds. The number of rotatable bonds is 3. The largest absolute Gasteiger partial charge is 0.478 e. The quantitative estimate of drug-likeness (QED) is 0.629. The first kappa shape index (κ1) is 17.4. The van der Waals surface area contributed by atoms with Gasteiger partial charge in [-0.2, -0.15) is 0 Å². The van der Waals surface area contributed by atoms with Gasteiger partial charge in [-0.15, -0.1) is 0 Å². The van der Waals surface area contributed by atoms with Crippen LogP contribution in [0, 0.1) is 0 Å². The van der Waals surface area contributed by atoms with Crippen molar-refractivity contribution in [3.8, 4) is 11.3 Å². The Labute approximate surface area is 151 Å². The van der Waals surface area contributed by atoms with E-state index in [0.29, 0.717) is 11.3 Å². The Balaban J connectivity index is 1.92. The Morgan fingerprint density at radius 2 is 1.96 bits per heavy atom. The number of amides is 4. The maximum Gasteiger partial charge on any atom is 0.337 e. The van der Waals surface area contributed by atoms with E-state index >= 15 is 0 Å². The van der Waals surface area contributed by atoms with Gasteiger partial charge in [0.25, 0.3) is 11.8 Å². The van der Waals surface area contributed by atoms with Gasteiger partial charge in [0.05, 0.1) is 10.6 Å². The lowest BCUT2D eigenvalue weighted by atomic mass is 10.1. The van der Waals surface area contributed by atoms with Gasteiger partial charge < -0.3 is 9.52 Å². The highest BCUT2D eigenvalue weighted by Crippen LogP contribution is 2.28. The van der Waals surface area contributed by atoms with Crippen molar-refractivity contribution < 1.29 is 28.7 Å². The van der Waals surface area contributed by atoms with Crippen LogP contribution in [0.4, 0.5) is 4.79 Å². The van der Waals surface area contributed by atoms with Gasteiger partial charge in [0.1, 0.15) is 17.1 Å². The number of urea groups is 1. The molecule has 1 fully saturated rings. The van der Waals surface area contributed by atoms with Gasteiger partial charge in [0.2, 0.25) is 0 Å². The van der Waals surface area contributed by atoms with Gasteiger partial charge in [-0.1, -0.05) is 17.7 Å². The molecule has 0 saturated carbocycles. The number of benzene rings is 1. The molecule has 1 aromatic carbocycles. The Hall–Kier alpha value is -3.39. The molecular weight excluding hydrogens is 364 g/mol. The topological polar surface area (TPSA) is 117 Å². The van der Waals surface area contributed by atoms with Crippen LogP contribution in [0.5, 0.6) is 0 Å². The molecule has 0 aliphatic carbocycles. The number of carboxylic acids is 1. The maximum atomic E-state index is 12.0. The fraction of sp³-hybridized carbons (Fsp3) is 0.0588. The summed E-state index contributed by atoms with van der Waals surface area (Å²) in [5.74, 6) is -2.13. The van der Waals surface area contributed by atoms with E-state index in [1.165, 1.54) is 37.4 Å². The zero-order valence-corrected chi connectivity index (χ0v) is 14.0. The van der Waals surface area contributed by atoms with Crippen LogP contribution in [-0.2, 0) is 9.59 Å². The highest BCUT2D eigenvalue weighted by molar-refractivity contribution is 6.33. The van der Waals surface area contributed by atoms with E-state index in [9.17, 15) is 19.2 Å². The molecule has 0 unspecified atom stereocenters. The lowest BCUT2D eigenvalue weighted by Gasteiger charge is -2.21. The number of carboxylic acid groups (broad SMARTS) is 1. The monoisotopic (exact) mass is 374 g/mol. The summed E-state index contributed by atoms with van der Waals surface area (Å²) in [5, 5.41) is 11.1. The van der Waals surface area contributed by atoms with Crippen molar-refractivity contribution in [2.75, 3.05) is 7.05 Å². The van der Waals surface area contributed by atoms with Gasteiger partial charge in [-0.3, -0.25) is 19.8 Å². The van der Waals surface area contributed by atoms with Crippen molar-refractivity contribution >= 4 is 41.5 Å². The van der Waals surface area contributed by atoms with Crippen LogP contribution in [-0.4, -0.2) is 40.9 Å². The molecule has 0 radical (unpaired) electrons. The molecular formula is C17H11ClN2O6. The van der Waals surface area contributed by atoms with Gasteiger partial charge in [0, 0.05) is 12.6 Å². The predicted octanol–water partition coefficient (Wildman–Crippen LogP) is 2.39. The fourth-order valence-electron chi connectivity index (χ4n) is 2.32. The van der Waals surface area contributed by atoms with E-state index in [1.54, 1.807) is 6.07 Å². The van der Waals surface area contributed by atoms with E-state index in [0.717, 1.165) is 4.90 Å². The minimum Gasteiger partial charge on any atom is -0.478 e. The molecule has 132 valence electrons. The number of nitrogens with zero attached hydrogens (tertiary/aromatic N) is 1. The number of nitrogens with one attached hydrogen (secondary N) is 1. The maximum absolute atomic E-state index is 12.0. The molecule has 1 aliphatic heterocycles. The predicted molar refractivity (Wildman–Crippen MR) is 90.4 cm³/mol. The van der Waals surface area contributed by atoms with Crippen LogP contribution in [0.1, 0.15) is 16.1 Å². The lowest BCUT2D eigenvalue weighted by Crippen LogP contribution is -2.52. The summed E-state index contributed by atoms with van der Waals surface area (Å²) in [4.78, 5) is 47.0. The first-order valence-electron chi connectivity index (χ1n) is 7.26. The molecule has 1 saturated heterocycles. The normalized spacial score (nSPS) is 16.2. The third-order valence-electron chi connectivity index (χ3n) is 3.70. The van der Waals surface area contributed by atoms with Crippen LogP contribution >= 0.6 is 11.6 Å². The first-order chi connectivity index (χ1) is 12.3. The number of likely N-dealkylation sites (N-methyl/N-ethyl adjacent to an activating group) is 1. The summed E-state index contributed by atoms with van der Waals surface area (Å²) in [7, 11) is 1.25. The van der Waals surface area contributed by atoms with Crippen molar-refractivity contribution in [3.63, 3.8) is 0 Å². The second kappa shape index (κ2) is 6.49. The average molecular weight is 375 g/mol. The zero-order chi connectivity index (χ0) is 19.0. The van der Waals surface area contributed by atoms with Crippen molar-refractivity contribution in [3.05, 3.63) is 52.3 Å². The molecule has 2 aromatic rings. The molecule has 0 bridgehead atoms. The van der Waals surface area contributed by atoms with Gasteiger partial charge >= 0.3 is 12.0 Å². The van der Waals surface area contributed by atoms with E-state index in [-0.39, 0.29) is 21.9 Å². The molecule has 3 rings (SSSR count). The number of carbonyl (C=O) groups is 4. The molecule has 9 heteroatoms. The number of furan rings is 1. The van der Waals surface area contributed by atoms with Crippen molar-refractivity contribution in [2.24, 2.45) is 0 Å². The summed E-state index contributed by atoms with van der Waals surface area (Å²) in [6, 6.07) is 6.61. The molecule has 0 atom stereocenters. The standard InChI is InChI=1S/C17H11ClN2O6/c1-20-15(22)11(14(21)19-17(20)25)7-9-3-5-13(26-9)8-2-4-10(16(23)24)12(18)6-8/h2-7H,1H3,(H,23,24)(H,19,21,25). The SMILES string of the molecule is CN1C(=O)NC(=O)C(=Cc2ccc(-c3ccc(C(=O)O)c(Cl)c3)o2)C1=O. The number of aromatic carboxylic acids is 1. The van der Waals surface area contributed by atoms with Crippen molar-refractivity contribution in [1.29, 1.82) is 0 Å². The third-order valence-corrected chi connectivity index (χ3v) is 4.01. The number of hydrogen-bond acceptors (Lipinski definition) is 5. The Bertz CT molecular complexity index is 991. The molecule has 2 N–H and O–H groups in total. The van der Waals surface area contributed by atoms with Crippen LogP contribution in [0.15, 0.2) is 40.3 Å². The molecule has 2 heterocycles. The van der Waals surface area contributed by atoms with E-state index in [1.807, 2.05) is 5.32 Å². The molecule has 1 aliphatic rings. The second-order valence-electron chi connectivity index (χ2n) is 5.38. The minimum absolute atomic E-state index is 0.0403. The van der Waals surface area contributed by atoms with E-state index < -0.39 is 23.8 Å². The first-order valence-corrected chi connectivity index (χ1v) is 7.64. The summed E-state index contributed by atoms with van der Waals surface area (Å²) in [6.07, 6.45) is 1.22. The number of carbonyl (C=O) groups excluding carboxylic acids is 3. The molecule has 0 spiro atoms. The summed E-state index contributed by atoms with van der Waals surface area (Å²) in [5.41, 5.74) is 0.241. The summed E-state index contributed by atoms with van der Waals surface area (Å²) < 4.78 is 5.57. The lowest BCUT2D eigenvalue weighted by molar-refractivity contribution is -0.129. The van der Waals surface area contributed by atoms with Crippen LogP contribution in [0.2, 0.25) is 5.02 Å². The summed E-state index contributed by atoms with van der Waals surface area (Å²) >= 11 is 5.94. The van der Waals surface area contributed by atoms with Crippen LogP contribution in [0.3, 0.4) is 0 Å². The van der Waals surface area contributed by atoms with Gasteiger partial charge in [-0.05, 0) is 30.3 Å². The smallest absolute Gasteiger partial charge is 0.337 e. The van der Waals surface area contributed by atoms with Gasteiger partial charge in [0.15, 0.2) is 0 Å². The van der Waals surface area contributed by atoms with Crippen LogP contribution < -0.4 is 5.32 Å². The highest BCUT2D eigenvalue weighted by Gasteiger charge is 2.33. The number of hydrogen-bond donors (Lipinski definition) is 2. The molecule has 8 nitrogen and oxygen atoms in total. The zero-order valence-electron chi connectivity index (χ0n) is 13.3. The summed E-state index contributed by atoms with van der Waals surface area (Å²) in [6.45, 7) is 0. The highest BCUT2D eigenvalue weighted by atomic mass is 35.5. The van der Waals surface area contributed by atoms with Crippen molar-refractivity contribution in [2.45, 2.75) is 0 Å². The minimum atomic E-state index is -1.15. The van der Waals surface area contributed by atoms with E-state index in [2.05, 4.69) is 0 Å². The Morgan fingerprint density at radius 3 is 2.62 bits per heavy atom. The number of barbiturate groups is 1. The average Bonchev–Trinajstić information content (AvgIpc) is 3.05. The second-order valence-corrected chi connectivity index (χ2v) is 5.79. The van der Waals surface area contributed by atoms with Crippen molar-refractivity contribution in [1.82, 2.24) is 10.2 Å². The number of halogens is 1. The Morgan fingerprint density at radius 1 is 1.23 bits per heavy atom. The fourth-order valence-corrected chi connectivity index (χ4v) is 2.58.